The summed E-state index contributed by atoms with van der Waals surface area (Å²) in [5, 5.41) is 7.28. The molecule has 100 valence electrons. The molecule has 8 heteroatoms. The summed E-state index contributed by atoms with van der Waals surface area (Å²) < 4.78 is 4.86. The van der Waals surface area contributed by atoms with Gasteiger partial charge in [0, 0.05) is 6.92 Å². The van der Waals surface area contributed by atoms with Gasteiger partial charge in [0.2, 0.25) is 5.89 Å². The molecule has 0 bridgehead atoms. The maximum absolute atomic E-state index is 11.9. The molecular weight excluding hydrogens is 266 g/mol. The average molecular weight is 273 g/mol. The summed E-state index contributed by atoms with van der Waals surface area (Å²) in [5.74, 6) is -2.76. The lowest BCUT2D eigenvalue weighted by molar-refractivity contribution is -0.0608. The van der Waals surface area contributed by atoms with E-state index in [1.807, 2.05) is 0 Å². The molecule has 0 saturated heterocycles. The number of hydroxylamine groups is 2. The van der Waals surface area contributed by atoms with Crippen LogP contribution in [0.4, 0.5) is 0 Å². The standard InChI is InChI=1S/C12H7N3O5/c1-6-13-14-9(19-6)12(18)20-15-10(16)7-4-2-3-5-8(7)11(15)17/h2-5H,1H3. The van der Waals surface area contributed by atoms with Gasteiger partial charge in [-0.15, -0.1) is 10.2 Å². The average Bonchev–Trinajstić information content (AvgIpc) is 2.98. The number of benzene rings is 1. The van der Waals surface area contributed by atoms with Crippen molar-refractivity contribution in [2.45, 2.75) is 6.92 Å². The van der Waals surface area contributed by atoms with Crippen LogP contribution >= 0.6 is 0 Å². The molecule has 0 saturated carbocycles. The van der Waals surface area contributed by atoms with Crippen molar-refractivity contribution in [2.24, 2.45) is 0 Å². The molecule has 2 amide bonds. The van der Waals surface area contributed by atoms with Gasteiger partial charge >= 0.3 is 11.9 Å². The van der Waals surface area contributed by atoms with E-state index in [0.29, 0.717) is 5.06 Å². The summed E-state index contributed by atoms with van der Waals surface area (Å²) in [6, 6.07) is 6.16. The molecule has 20 heavy (non-hydrogen) atoms. The number of hydrogen-bond donors (Lipinski definition) is 0. The van der Waals surface area contributed by atoms with Crippen LogP contribution in [-0.2, 0) is 4.84 Å². The van der Waals surface area contributed by atoms with Crippen LogP contribution in [0.15, 0.2) is 28.7 Å². The third kappa shape index (κ3) is 1.74. The van der Waals surface area contributed by atoms with Crippen molar-refractivity contribution in [3.8, 4) is 0 Å². The number of fused-ring (bicyclic) bond motifs is 1. The second kappa shape index (κ2) is 4.26. The number of imide groups is 1. The zero-order valence-electron chi connectivity index (χ0n) is 10.2. The van der Waals surface area contributed by atoms with Gasteiger partial charge in [0.15, 0.2) is 0 Å². The van der Waals surface area contributed by atoms with Gasteiger partial charge in [-0.3, -0.25) is 9.59 Å². The quantitative estimate of drug-likeness (QED) is 0.743. The van der Waals surface area contributed by atoms with Crippen LogP contribution in [-0.4, -0.2) is 33.0 Å². The Hall–Kier alpha value is -3.03. The van der Waals surface area contributed by atoms with E-state index in [2.05, 4.69) is 10.2 Å². The fourth-order valence-corrected chi connectivity index (χ4v) is 1.75. The van der Waals surface area contributed by atoms with Crippen molar-refractivity contribution in [3.63, 3.8) is 0 Å². The van der Waals surface area contributed by atoms with Gasteiger partial charge in [-0.2, -0.15) is 0 Å². The highest BCUT2D eigenvalue weighted by Gasteiger charge is 2.39. The van der Waals surface area contributed by atoms with E-state index in [9.17, 15) is 14.4 Å². The molecule has 1 aliphatic heterocycles. The van der Waals surface area contributed by atoms with Crippen molar-refractivity contribution >= 4 is 17.8 Å². The Morgan fingerprint density at radius 1 is 1.15 bits per heavy atom. The maximum atomic E-state index is 11.9. The van der Waals surface area contributed by atoms with Gasteiger partial charge in [-0.25, -0.2) is 4.79 Å². The zero-order chi connectivity index (χ0) is 14.3. The van der Waals surface area contributed by atoms with Crippen LogP contribution in [0.25, 0.3) is 0 Å². The Labute approximate surface area is 111 Å². The smallest absolute Gasteiger partial charge is 0.416 e. The number of nitrogens with zero attached hydrogens (tertiary/aromatic N) is 3. The molecule has 1 aliphatic rings. The SMILES string of the molecule is Cc1nnc(C(=O)ON2C(=O)c3ccccc3C2=O)o1. The highest BCUT2D eigenvalue weighted by atomic mass is 16.7. The minimum Gasteiger partial charge on any atom is -0.416 e. The van der Waals surface area contributed by atoms with E-state index in [1.54, 1.807) is 12.1 Å². The molecular formula is C12H7N3O5. The third-order valence-electron chi connectivity index (χ3n) is 2.63. The predicted octanol–water partition coefficient (Wildman–Crippen LogP) is 0.746. The Balaban J connectivity index is 1.85. The molecule has 0 radical (unpaired) electrons. The molecule has 2 aromatic rings. The maximum Gasteiger partial charge on any atom is 0.421 e. The van der Waals surface area contributed by atoms with E-state index in [0.717, 1.165) is 0 Å². The number of hydrogen-bond acceptors (Lipinski definition) is 7. The van der Waals surface area contributed by atoms with Crippen molar-refractivity contribution in [1.82, 2.24) is 15.3 Å². The molecule has 1 aromatic carbocycles. The van der Waals surface area contributed by atoms with Gasteiger partial charge < -0.3 is 9.25 Å². The fourth-order valence-electron chi connectivity index (χ4n) is 1.75. The van der Waals surface area contributed by atoms with Gasteiger partial charge in [-0.1, -0.05) is 17.2 Å². The largest absolute Gasteiger partial charge is 0.421 e. The topological polar surface area (TPSA) is 103 Å². The normalized spacial score (nSPS) is 13.6. The van der Waals surface area contributed by atoms with Gasteiger partial charge in [0.25, 0.3) is 11.8 Å². The number of aryl methyl sites for hydroxylation is 1. The lowest BCUT2D eigenvalue weighted by Gasteiger charge is -2.10. The van der Waals surface area contributed by atoms with Crippen LogP contribution < -0.4 is 0 Å². The summed E-state index contributed by atoms with van der Waals surface area (Å²) in [6.45, 7) is 1.49. The highest BCUT2D eigenvalue weighted by molar-refractivity contribution is 6.21. The molecule has 8 nitrogen and oxygen atoms in total. The molecule has 0 N–H and O–H groups in total. The van der Waals surface area contributed by atoms with Gasteiger partial charge in [0.05, 0.1) is 11.1 Å². The van der Waals surface area contributed by atoms with E-state index in [-0.39, 0.29) is 17.0 Å². The van der Waals surface area contributed by atoms with E-state index in [1.165, 1.54) is 19.1 Å². The van der Waals surface area contributed by atoms with E-state index in [4.69, 9.17) is 9.25 Å². The Morgan fingerprint density at radius 2 is 1.75 bits per heavy atom. The van der Waals surface area contributed by atoms with Crippen LogP contribution in [0.5, 0.6) is 0 Å². The third-order valence-corrected chi connectivity index (χ3v) is 2.63. The lowest BCUT2D eigenvalue weighted by Crippen LogP contribution is -2.32. The van der Waals surface area contributed by atoms with E-state index < -0.39 is 23.7 Å². The van der Waals surface area contributed by atoms with Crippen LogP contribution in [0, 0.1) is 6.92 Å². The van der Waals surface area contributed by atoms with Gasteiger partial charge in [-0.05, 0) is 12.1 Å². The second-order valence-electron chi connectivity index (χ2n) is 3.96. The molecule has 0 atom stereocenters. The second-order valence-corrected chi connectivity index (χ2v) is 3.96. The molecule has 0 fully saturated rings. The Bertz CT molecular complexity index is 701. The molecule has 0 unspecified atom stereocenters. The van der Waals surface area contributed by atoms with Crippen molar-refractivity contribution in [3.05, 3.63) is 47.2 Å². The van der Waals surface area contributed by atoms with Crippen LogP contribution in [0.2, 0.25) is 0 Å². The molecule has 2 heterocycles. The Morgan fingerprint density at radius 3 is 2.25 bits per heavy atom. The first-order valence-electron chi connectivity index (χ1n) is 5.58. The Kier molecular flexibility index (Phi) is 2.56. The fraction of sp³-hybridized carbons (Fsp3) is 0.0833. The number of carbonyl (C=O) groups excluding carboxylic acids is 3. The lowest BCUT2D eigenvalue weighted by atomic mass is 10.1. The molecule has 3 rings (SSSR count). The van der Waals surface area contributed by atoms with Crippen molar-refractivity contribution < 1.29 is 23.6 Å². The summed E-state index contributed by atoms with van der Waals surface area (Å²) in [7, 11) is 0. The minimum atomic E-state index is -1.07. The van der Waals surface area contributed by atoms with Crippen LogP contribution in [0.3, 0.4) is 0 Å². The number of carbonyl (C=O) groups is 3. The first-order valence-corrected chi connectivity index (χ1v) is 5.58. The van der Waals surface area contributed by atoms with Crippen molar-refractivity contribution in [2.75, 3.05) is 0 Å². The number of amides is 2. The summed E-state index contributed by atoms with van der Waals surface area (Å²) in [6.07, 6.45) is 0. The number of aromatic nitrogens is 2. The summed E-state index contributed by atoms with van der Waals surface area (Å²) >= 11 is 0. The predicted molar refractivity (Wildman–Crippen MR) is 61.4 cm³/mol. The highest BCUT2D eigenvalue weighted by Crippen LogP contribution is 2.23. The molecule has 1 aromatic heterocycles. The zero-order valence-corrected chi connectivity index (χ0v) is 10.2. The first kappa shape index (κ1) is 12.0. The summed E-state index contributed by atoms with van der Waals surface area (Å²) in [5.41, 5.74) is 0.346. The minimum absolute atomic E-state index is 0.166. The monoisotopic (exact) mass is 273 g/mol. The van der Waals surface area contributed by atoms with Crippen molar-refractivity contribution in [1.29, 1.82) is 0 Å². The summed E-state index contributed by atoms with van der Waals surface area (Å²) in [4.78, 5) is 40.3. The molecule has 0 spiro atoms. The number of rotatable bonds is 2. The van der Waals surface area contributed by atoms with Gasteiger partial charge in [0.1, 0.15) is 0 Å². The first-order chi connectivity index (χ1) is 9.58. The van der Waals surface area contributed by atoms with Crippen LogP contribution in [0.1, 0.15) is 37.3 Å². The molecule has 0 aliphatic carbocycles. The van der Waals surface area contributed by atoms with E-state index >= 15 is 0 Å².